The number of para-hydroxylation sites is 1. The summed E-state index contributed by atoms with van der Waals surface area (Å²) < 4.78 is 42.4. The van der Waals surface area contributed by atoms with Gasteiger partial charge in [0.1, 0.15) is 18.4 Å². The monoisotopic (exact) mass is 539 g/mol. The molecule has 9 heteroatoms. The van der Waals surface area contributed by atoms with Crippen LogP contribution in [-0.4, -0.2) is 44.3 Å². The molecule has 2 amide bonds. The summed E-state index contributed by atoms with van der Waals surface area (Å²) in [4.78, 5) is 28.3. The summed E-state index contributed by atoms with van der Waals surface area (Å²) in [7, 11) is -4.12. The van der Waals surface area contributed by atoms with Crippen LogP contribution in [-0.2, 0) is 32.6 Å². The Morgan fingerprint density at radius 3 is 2.13 bits per heavy atom. The van der Waals surface area contributed by atoms with E-state index in [0.29, 0.717) is 30.6 Å². The largest absolute Gasteiger partial charge is 0.355 e. The molecule has 0 aliphatic carbocycles. The van der Waals surface area contributed by atoms with Crippen LogP contribution >= 0.6 is 0 Å². The van der Waals surface area contributed by atoms with E-state index < -0.39 is 34.3 Å². The number of aryl methyl sites for hydroxylation is 1. The average molecular weight is 540 g/mol. The van der Waals surface area contributed by atoms with Crippen LogP contribution in [0.3, 0.4) is 0 Å². The molecule has 0 aromatic heterocycles. The first-order valence-corrected chi connectivity index (χ1v) is 14.1. The third-order valence-corrected chi connectivity index (χ3v) is 8.03. The highest BCUT2D eigenvalue weighted by Gasteiger charge is 2.34. The second-order valence-corrected chi connectivity index (χ2v) is 10.6. The quantitative estimate of drug-likeness (QED) is 0.367. The standard InChI is InChI=1S/C29H34FN3O4S/c1-4-23-12-10-11-15-27(23)33(38(36,37)25-13-8-7-9-14-25)21-28(34)32(26(5-2)29(35)31-6-3)20-22-16-18-24(30)19-17-22/h7-19,26H,4-6,20-21H2,1-3H3,(H,31,35)/t26-/m1/s1. The number of nitrogens with one attached hydrogen (secondary N) is 1. The molecule has 0 spiro atoms. The van der Waals surface area contributed by atoms with Gasteiger partial charge in [0, 0.05) is 13.1 Å². The van der Waals surface area contributed by atoms with Crippen LogP contribution in [0.5, 0.6) is 0 Å². The Kier molecular flexibility index (Phi) is 10.0. The minimum Gasteiger partial charge on any atom is -0.355 e. The first-order chi connectivity index (χ1) is 18.2. The molecule has 0 saturated carbocycles. The summed E-state index contributed by atoms with van der Waals surface area (Å²) in [5.41, 5.74) is 1.79. The minimum absolute atomic E-state index is 0.0173. The highest BCUT2D eigenvalue weighted by molar-refractivity contribution is 7.92. The lowest BCUT2D eigenvalue weighted by Crippen LogP contribution is -2.52. The number of amides is 2. The third kappa shape index (κ3) is 6.77. The molecule has 0 aliphatic rings. The number of rotatable bonds is 12. The molecule has 3 rings (SSSR count). The van der Waals surface area contributed by atoms with Gasteiger partial charge in [0.2, 0.25) is 11.8 Å². The van der Waals surface area contributed by atoms with Gasteiger partial charge in [-0.15, -0.1) is 0 Å². The molecule has 0 unspecified atom stereocenters. The molecule has 7 nitrogen and oxygen atoms in total. The van der Waals surface area contributed by atoms with Gasteiger partial charge in [-0.1, -0.05) is 62.4 Å². The summed E-state index contributed by atoms with van der Waals surface area (Å²) in [5, 5.41) is 2.76. The molecule has 0 aliphatic heterocycles. The molecule has 38 heavy (non-hydrogen) atoms. The van der Waals surface area contributed by atoms with E-state index in [1.807, 2.05) is 19.1 Å². The first-order valence-electron chi connectivity index (χ1n) is 12.7. The third-order valence-electron chi connectivity index (χ3n) is 6.25. The molecule has 0 bridgehead atoms. The number of benzene rings is 3. The van der Waals surface area contributed by atoms with Gasteiger partial charge in [0.05, 0.1) is 10.6 Å². The number of sulfonamides is 1. The number of halogens is 1. The topological polar surface area (TPSA) is 86.8 Å². The van der Waals surface area contributed by atoms with Gasteiger partial charge in [-0.25, -0.2) is 12.8 Å². The maximum atomic E-state index is 14.0. The van der Waals surface area contributed by atoms with E-state index in [4.69, 9.17) is 0 Å². The number of hydrogen-bond acceptors (Lipinski definition) is 4. The fraction of sp³-hybridized carbons (Fsp3) is 0.310. The number of carbonyl (C=O) groups excluding carboxylic acids is 2. The van der Waals surface area contributed by atoms with E-state index in [1.165, 1.54) is 29.2 Å². The molecule has 0 heterocycles. The molecule has 0 fully saturated rings. The smallest absolute Gasteiger partial charge is 0.264 e. The maximum Gasteiger partial charge on any atom is 0.264 e. The van der Waals surface area contributed by atoms with Crippen molar-refractivity contribution < 1.29 is 22.4 Å². The van der Waals surface area contributed by atoms with Crippen molar-refractivity contribution in [2.75, 3.05) is 17.4 Å². The molecule has 3 aromatic carbocycles. The van der Waals surface area contributed by atoms with Crippen molar-refractivity contribution >= 4 is 27.5 Å². The predicted octanol–water partition coefficient (Wildman–Crippen LogP) is 4.53. The Balaban J connectivity index is 2.08. The summed E-state index contributed by atoms with van der Waals surface area (Å²) in [6, 6.07) is 19.8. The zero-order chi connectivity index (χ0) is 27.7. The first kappa shape index (κ1) is 28.8. The van der Waals surface area contributed by atoms with Crippen molar-refractivity contribution in [3.05, 3.63) is 95.8 Å². The van der Waals surface area contributed by atoms with Gasteiger partial charge in [0.15, 0.2) is 0 Å². The summed E-state index contributed by atoms with van der Waals surface area (Å²) >= 11 is 0. The minimum atomic E-state index is -4.12. The maximum absolute atomic E-state index is 14.0. The molecule has 0 saturated heterocycles. The van der Waals surface area contributed by atoms with Crippen molar-refractivity contribution in [2.24, 2.45) is 0 Å². The van der Waals surface area contributed by atoms with Crippen LogP contribution in [0.1, 0.15) is 38.3 Å². The SMILES string of the molecule is CCNC(=O)[C@@H](CC)N(Cc1ccc(F)cc1)C(=O)CN(c1ccccc1CC)S(=O)(=O)c1ccccc1. The summed E-state index contributed by atoms with van der Waals surface area (Å²) in [6.07, 6.45) is 0.872. The van der Waals surface area contributed by atoms with Crippen LogP contribution < -0.4 is 9.62 Å². The normalized spacial score (nSPS) is 12.0. The van der Waals surface area contributed by atoms with Gasteiger partial charge in [-0.05, 0) is 61.2 Å². The molecular weight excluding hydrogens is 505 g/mol. The van der Waals surface area contributed by atoms with Crippen LogP contribution in [0.15, 0.2) is 83.8 Å². The second kappa shape index (κ2) is 13.2. The van der Waals surface area contributed by atoms with E-state index in [9.17, 15) is 22.4 Å². The lowest BCUT2D eigenvalue weighted by atomic mass is 10.1. The van der Waals surface area contributed by atoms with Crippen LogP contribution in [0, 0.1) is 5.82 Å². The Morgan fingerprint density at radius 1 is 0.895 bits per heavy atom. The molecule has 1 N–H and O–H groups in total. The fourth-order valence-corrected chi connectivity index (χ4v) is 5.76. The number of carbonyl (C=O) groups is 2. The number of hydrogen-bond donors (Lipinski definition) is 1. The second-order valence-electron chi connectivity index (χ2n) is 8.77. The van der Waals surface area contributed by atoms with Crippen LogP contribution in [0.25, 0.3) is 0 Å². The Labute approximate surface area is 224 Å². The van der Waals surface area contributed by atoms with Gasteiger partial charge < -0.3 is 10.2 Å². The van der Waals surface area contributed by atoms with Crippen molar-refractivity contribution in [3.8, 4) is 0 Å². The van der Waals surface area contributed by atoms with Gasteiger partial charge in [0.25, 0.3) is 10.0 Å². The van der Waals surface area contributed by atoms with Crippen molar-refractivity contribution in [2.45, 2.75) is 51.1 Å². The van der Waals surface area contributed by atoms with E-state index in [2.05, 4.69) is 5.32 Å². The molecule has 202 valence electrons. The number of anilines is 1. The number of likely N-dealkylation sites (N-methyl/N-ethyl adjacent to an activating group) is 1. The summed E-state index contributed by atoms with van der Waals surface area (Å²) in [6.45, 7) is 5.38. The van der Waals surface area contributed by atoms with E-state index >= 15 is 0 Å². The van der Waals surface area contributed by atoms with Crippen molar-refractivity contribution in [3.63, 3.8) is 0 Å². The van der Waals surface area contributed by atoms with Crippen molar-refractivity contribution in [1.29, 1.82) is 0 Å². The Bertz CT molecular complexity index is 1330. The zero-order valence-corrected chi connectivity index (χ0v) is 22.7. The lowest BCUT2D eigenvalue weighted by molar-refractivity contribution is -0.140. The van der Waals surface area contributed by atoms with Crippen molar-refractivity contribution in [1.82, 2.24) is 10.2 Å². The molecular formula is C29H34FN3O4S. The fourth-order valence-electron chi connectivity index (χ4n) is 4.28. The van der Waals surface area contributed by atoms with Crippen LogP contribution in [0.2, 0.25) is 0 Å². The highest BCUT2D eigenvalue weighted by atomic mass is 32.2. The zero-order valence-electron chi connectivity index (χ0n) is 21.9. The lowest BCUT2D eigenvalue weighted by Gasteiger charge is -2.33. The highest BCUT2D eigenvalue weighted by Crippen LogP contribution is 2.28. The molecule has 0 radical (unpaired) electrons. The summed E-state index contributed by atoms with van der Waals surface area (Å²) in [5.74, 6) is -1.30. The van der Waals surface area contributed by atoms with Gasteiger partial charge >= 0.3 is 0 Å². The number of nitrogens with zero attached hydrogens (tertiary/aromatic N) is 2. The van der Waals surface area contributed by atoms with Crippen LogP contribution in [0.4, 0.5) is 10.1 Å². The Morgan fingerprint density at radius 2 is 1.53 bits per heavy atom. The van der Waals surface area contributed by atoms with Gasteiger partial charge in [-0.3, -0.25) is 13.9 Å². The van der Waals surface area contributed by atoms with Gasteiger partial charge in [-0.2, -0.15) is 0 Å². The van der Waals surface area contributed by atoms with E-state index in [-0.39, 0.29) is 17.3 Å². The Hall–Kier alpha value is -3.72. The molecule has 3 aromatic rings. The average Bonchev–Trinajstić information content (AvgIpc) is 2.93. The van der Waals surface area contributed by atoms with E-state index in [1.54, 1.807) is 56.3 Å². The predicted molar refractivity (Wildman–Crippen MR) is 147 cm³/mol. The molecule has 1 atom stereocenters. The van der Waals surface area contributed by atoms with E-state index in [0.717, 1.165) is 9.87 Å².